The van der Waals surface area contributed by atoms with Crippen LogP contribution in [-0.2, 0) is 4.79 Å². The van der Waals surface area contributed by atoms with Gasteiger partial charge in [-0.2, -0.15) is 0 Å². The fraction of sp³-hybridized carbons (Fsp3) is 0.0714. The highest BCUT2D eigenvalue weighted by atomic mass is 32.2. The third kappa shape index (κ3) is 3.99. The van der Waals surface area contributed by atoms with Gasteiger partial charge in [0.1, 0.15) is 5.82 Å². The molecule has 5 heteroatoms. The van der Waals surface area contributed by atoms with Gasteiger partial charge in [-0.15, -0.1) is 11.8 Å². The Morgan fingerprint density at radius 1 is 1.16 bits per heavy atom. The van der Waals surface area contributed by atoms with Crippen LogP contribution in [0.1, 0.15) is 0 Å². The lowest BCUT2D eigenvalue weighted by Gasteiger charge is -2.06. The van der Waals surface area contributed by atoms with Gasteiger partial charge in [0, 0.05) is 10.6 Å². The number of carbonyl (C=O) groups is 1. The maximum Gasteiger partial charge on any atom is 0.234 e. The molecule has 0 atom stereocenters. The van der Waals surface area contributed by atoms with E-state index in [1.165, 1.54) is 23.9 Å². The van der Waals surface area contributed by atoms with Crippen LogP contribution < -0.4 is 11.1 Å². The minimum absolute atomic E-state index is 0.199. The highest BCUT2D eigenvalue weighted by Crippen LogP contribution is 2.20. The van der Waals surface area contributed by atoms with Gasteiger partial charge in [-0.05, 0) is 36.4 Å². The largest absolute Gasteiger partial charge is 0.399 e. The Hall–Kier alpha value is -2.01. The zero-order valence-corrected chi connectivity index (χ0v) is 10.9. The van der Waals surface area contributed by atoms with Crippen LogP contribution in [0, 0.1) is 5.82 Å². The highest BCUT2D eigenvalue weighted by Gasteiger charge is 2.06. The van der Waals surface area contributed by atoms with Gasteiger partial charge in [-0.1, -0.05) is 12.1 Å². The normalized spacial score (nSPS) is 10.2. The first-order valence-electron chi connectivity index (χ1n) is 5.68. The molecule has 2 aromatic carbocycles. The molecule has 2 aromatic rings. The van der Waals surface area contributed by atoms with Gasteiger partial charge >= 0.3 is 0 Å². The van der Waals surface area contributed by atoms with Gasteiger partial charge in [0.05, 0.1) is 11.4 Å². The van der Waals surface area contributed by atoms with Crippen molar-refractivity contribution >= 4 is 29.0 Å². The molecule has 19 heavy (non-hydrogen) atoms. The molecular weight excluding hydrogens is 263 g/mol. The number of benzene rings is 2. The van der Waals surface area contributed by atoms with E-state index >= 15 is 0 Å². The van der Waals surface area contributed by atoms with E-state index in [1.807, 2.05) is 12.1 Å². The number of anilines is 2. The van der Waals surface area contributed by atoms with E-state index in [9.17, 15) is 9.18 Å². The molecule has 0 fully saturated rings. The third-order valence-corrected chi connectivity index (χ3v) is 3.41. The summed E-state index contributed by atoms with van der Waals surface area (Å²) < 4.78 is 13.3. The van der Waals surface area contributed by atoms with E-state index < -0.39 is 5.82 Å². The maximum atomic E-state index is 13.3. The smallest absolute Gasteiger partial charge is 0.234 e. The lowest BCUT2D eigenvalue weighted by Crippen LogP contribution is -2.14. The molecule has 0 spiro atoms. The van der Waals surface area contributed by atoms with E-state index in [1.54, 1.807) is 24.3 Å². The van der Waals surface area contributed by atoms with E-state index in [2.05, 4.69) is 5.32 Å². The lowest BCUT2D eigenvalue weighted by molar-refractivity contribution is -0.113. The van der Waals surface area contributed by atoms with Crippen molar-refractivity contribution in [2.75, 3.05) is 16.8 Å². The molecule has 0 aliphatic heterocycles. The summed E-state index contributed by atoms with van der Waals surface area (Å²) in [5, 5.41) is 2.53. The molecule has 0 saturated heterocycles. The minimum Gasteiger partial charge on any atom is -0.399 e. The Bertz CT molecular complexity index is 572. The Kier molecular flexibility index (Phi) is 4.41. The Labute approximate surface area is 115 Å². The summed E-state index contributed by atoms with van der Waals surface area (Å²) in [6.45, 7) is 0. The first-order valence-corrected chi connectivity index (χ1v) is 6.66. The van der Waals surface area contributed by atoms with Gasteiger partial charge < -0.3 is 11.1 Å². The number of thioether (sulfide) groups is 1. The van der Waals surface area contributed by atoms with Crippen LogP contribution in [0.25, 0.3) is 0 Å². The van der Waals surface area contributed by atoms with Crippen molar-refractivity contribution in [3.8, 4) is 0 Å². The Morgan fingerprint density at radius 2 is 1.84 bits per heavy atom. The molecule has 0 aliphatic carbocycles. The molecule has 0 aliphatic rings. The van der Waals surface area contributed by atoms with Crippen molar-refractivity contribution in [2.24, 2.45) is 0 Å². The summed E-state index contributed by atoms with van der Waals surface area (Å²) in [6, 6.07) is 13.3. The number of carbonyl (C=O) groups excluding carboxylic acids is 1. The van der Waals surface area contributed by atoms with Crippen LogP contribution in [-0.4, -0.2) is 11.7 Å². The fourth-order valence-electron chi connectivity index (χ4n) is 1.46. The fourth-order valence-corrected chi connectivity index (χ4v) is 2.16. The predicted molar refractivity (Wildman–Crippen MR) is 76.6 cm³/mol. The second kappa shape index (κ2) is 6.24. The summed E-state index contributed by atoms with van der Waals surface area (Å²) in [4.78, 5) is 12.6. The molecule has 98 valence electrons. The molecular formula is C14H13FN2OS. The number of rotatable bonds is 4. The number of hydrogen-bond donors (Lipinski definition) is 2. The quantitative estimate of drug-likeness (QED) is 0.666. The molecule has 0 saturated carbocycles. The zero-order valence-electron chi connectivity index (χ0n) is 10.1. The first kappa shape index (κ1) is 13.4. The van der Waals surface area contributed by atoms with Crippen LogP contribution in [0.4, 0.5) is 15.8 Å². The van der Waals surface area contributed by atoms with Crippen molar-refractivity contribution < 1.29 is 9.18 Å². The molecule has 2 rings (SSSR count). The van der Waals surface area contributed by atoms with Crippen LogP contribution >= 0.6 is 11.8 Å². The van der Waals surface area contributed by atoms with E-state index in [0.29, 0.717) is 5.69 Å². The van der Waals surface area contributed by atoms with Crippen molar-refractivity contribution in [2.45, 2.75) is 4.90 Å². The van der Waals surface area contributed by atoms with Gasteiger partial charge in [0.15, 0.2) is 0 Å². The summed E-state index contributed by atoms with van der Waals surface area (Å²) in [5.41, 5.74) is 6.45. The molecule has 0 aromatic heterocycles. The molecule has 3 nitrogen and oxygen atoms in total. The van der Waals surface area contributed by atoms with Crippen molar-refractivity contribution in [1.29, 1.82) is 0 Å². The molecule has 0 radical (unpaired) electrons. The number of para-hydroxylation sites is 1. The van der Waals surface area contributed by atoms with Crippen LogP contribution in [0.2, 0.25) is 0 Å². The van der Waals surface area contributed by atoms with Gasteiger partial charge in [0.2, 0.25) is 5.91 Å². The molecule has 0 bridgehead atoms. The van der Waals surface area contributed by atoms with Crippen molar-refractivity contribution in [1.82, 2.24) is 0 Å². The Balaban J connectivity index is 1.88. The van der Waals surface area contributed by atoms with Crippen LogP contribution in [0.3, 0.4) is 0 Å². The average molecular weight is 276 g/mol. The van der Waals surface area contributed by atoms with E-state index in [-0.39, 0.29) is 17.3 Å². The number of amides is 1. The van der Waals surface area contributed by atoms with Gasteiger partial charge in [-0.25, -0.2) is 4.39 Å². The third-order valence-electron chi connectivity index (χ3n) is 2.40. The standard InChI is InChI=1S/C14H13FN2OS/c15-12-3-1-2-4-13(12)17-14(18)9-19-11-7-5-10(16)6-8-11/h1-8H,9,16H2,(H,17,18). The monoisotopic (exact) mass is 276 g/mol. The predicted octanol–water partition coefficient (Wildman–Crippen LogP) is 3.14. The SMILES string of the molecule is Nc1ccc(SCC(=O)Nc2ccccc2F)cc1. The summed E-state index contributed by atoms with van der Waals surface area (Å²) in [6.07, 6.45) is 0. The topological polar surface area (TPSA) is 55.1 Å². The van der Waals surface area contributed by atoms with Crippen LogP contribution in [0.5, 0.6) is 0 Å². The summed E-state index contributed by atoms with van der Waals surface area (Å²) in [5.74, 6) is -0.460. The first-order chi connectivity index (χ1) is 9.15. The number of nitrogens with two attached hydrogens (primary N) is 1. The maximum absolute atomic E-state index is 13.3. The van der Waals surface area contributed by atoms with Crippen molar-refractivity contribution in [3.63, 3.8) is 0 Å². The number of halogens is 1. The van der Waals surface area contributed by atoms with Gasteiger partial charge in [-0.3, -0.25) is 4.79 Å². The van der Waals surface area contributed by atoms with Crippen molar-refractivity contribution in [3.05, 3.63) is 54.3 Å². The summed E-state index contributed by atoms with van der Waals surface area (Å²) in [7, 11) is 0. The van der Waals surface area contributed by atoms with E-state index in [4.69, 9.17) is 5.73 Å². The van der Waals surface area contributed by atoms with Gasteiger partial charge in [0.25, 0.3) is 0 Å². The lowest BCUT2D eigenvalue weighted by atomic mass is 10.3. The second-order valence-corrected chi connectivity index (χ2v) is 4.93. The number of nitrogen functional groups attached to an aromatic ring is 1. The summed E-state index contributed by atoms with van der Waals surface area (Å²) >= 11 is 1.37. The Morgan fingerprint density at radius 3 is 2.53 bits per heavy atom. The molecule has 3 N–H and O–H groups in total. The zero-order chi connectivity index (χ0) is 13.7. The average Bonchev–Trinajstić information content (AvgIpc) is 2.41. The molecule has 1 amide bonds. The van der Waals surface area contributed by atoms with Crippen LogP contribution in [0.15, 0.2) is 53.4 Å². The number of hydrogen-bond acceptors (Lipinski definition) is 3. The molecule has 0 heterocycles. The second-order valence-electron chi connectivity index (χ2n) is 3.89. The minimum atomic E-state index is -0.437. The highest BCUT2D eigenvalue weighted by molar-refractivity contribution is 8.00. The molecule has 0 unspecified atom stereocenters. The number of nitrogens with one attached hydrogen (secondary N) is 1. The van der Waals surface area contributed by atoms with E-state index in [0.717, 1.165) is 4.90 Å².